The lowest BCUT2D eigenvalue weighted by Gasteiger charge is -2.37. The molecular formula is C15H32O4. The Labute approximate surface area is 118 Å². The van der Waals surface area contributed by atoms with Crippen molar-refractivity contribution in [3.8, 4) is 0 Å². The van der Waals surface area contributed by atoms with Crippen LogP contribution in [-0.2, 0) is 14.2 Å². The number of ether oxygens (including phenoxy) is 3. The highest BCUT2D eigenvalue weighted by atomic mass is 16.7. The fraction of sp³-hybridized carbons (Fsp3) is 1.00. The van der Waals surface area contributed by atoms with Gasteiger partial charge < -0.3 is 19.3 Å². The molecule has 4 nitrogen and oxygen atoms in total. The Morgan fingerprint density at radius 3 is 1.89 bits per heavy atom. The van der Waals surface area contributed by atoms with Crippen LogP contribution in [0.15, 0.2) is 0 Å². The fourth-order valence-corrected chi connectivity index (χ4v) is 1.26. The average molecular weight is 276 g/mol. The van der Waals surface area contributed by atoms with Gasteiger partial charge in [0, 0.05) is 5.41 Å². The van der Waals surface area contributed by atoms with Crippen molar-refractivity contribution in [1.82, 2.24) is 0 Å². The van der Waals surface area contributed by atoms with Crippen molar-refractivity contribution in [3.05, 3.63) is 0 Å². The molecule has 0 aliphatic heterocycles. The molecule has 0 aromatic heterocycles. The van der Waals surface area contributed by atoms with Gasteiger partial charge in [-0.1, -0.05) is 41.5 Å². The van der Waals surface area contributed by atoms with E-state index in [0.29, 0.717) is 19.8 Å². The molecule has 116 valence electrons. The molecule has 0 fully saturated rings. The Morgan fingerprint density at radius 1 is 0.895 bits per heavy atom. The Balaban J connectivity index is 4.26. The molecule has 0 aliphatic carbocycles. The van der Waals surface area contributed by atoms with Gasteiger partial charge in [-0.15, -0.1) is 0 Å². The van der Waals surface area contributed by atoms with Crippen LogP contribution in [0.5, 0.6) is 0 Å². The summed E-state index contributed by atoms with van der Waals surface area (Å²) in [6, 6.07) is 0. The highest BCUT2D eigenvalue weighted by Gasteiger charge is 2.31. The second kappa shape index (κ2) is 8.20. The maximum absolute atomic E-state index is 8.62. The molecule has 0 bridgehead atoms. The zero-order valence-corrected chi connectivity index (χ0v) is 13.7. The van der Waals surface area contributed by atoms with Crippen molar-refractivity contribution in [2.24, 2.45) is 10.8 Å². The Morgan fingerprint density at radius 2 is 1.47 bits per heavy atom. The smallest absolute Gasteiger partial charge is 0.162 e. The molecule has 2 unspecified atom stereocenters. The Hall–Kier alpha value is -0.160. The number of aliphatic hydroxyl groups is 1. The van der Waals surface area contributed by atoms with Crippen LogP contribution in [0.4, 0.5) is 0 Å². The highest BCUT2D eigenvalue weighted by Crippen LogP contribution is 2.29. The van der Waals surface area contributed by atoms with Crippen molar-refractivity contribution in [2.45, 2.75) is 60.9 Å². The van der Waals surface area contributed by atoms with E-state index in [1.165, 1.54) is 0 Å². The maximum Gasteiger partial charge on any atom is 0.162 e. The van der Waals surface area contributed by atoms with E-state index < -0.39 is 0 Å². The van der Waals surface area contributed by atoms with Gasteiger partial charge in [0.15, 0.2) is 6.29 Å². The minimum Gasteiger partial charge on any atom is -0.394 e. The van der Waals surface area contributed by atoms with Gasteiger partial charge in [-0.25, -0.2) is 0 Å². The number of rotatable bonds is 8. The minimum atomic E-state index is -0.264. The van der Waals surface area contributed by atoms with Crippen LogP contribution in [0.3, 0.4) is 0 Å². The van der Waals surface area contributed by atoms with Crippen molar-refractivity contribution >= 4 is 0 Å². The zero-order valence-electron chi connectivity index (χ0n) is 13.7. The Kier molecular flexibility index (Phi) is 8.13. The molecule has 0 aliphatic rings. The summed E-state index contributed by atoms with van der Waals surface area (Å²) in [6.07, 6.45) is -0.158. The molecule has 0 aromatic carbocycles. The first-order valence-corrected chi connectivity index (χ1v) is 7.04. The van der Waals surface area contributed by atoms with Crippen molar-refractivity contribution < 1.29 is 19.3 Å². The predicted octanol–water partition coefficient (Wildman–Crippen LogP) is 2.84. The first-order valence-electron chi connectivity index (χ1n) is 7.04. The summed E-state index contributed by atoms with van der Waals surface area (Å²) >= 11 is 0. The van der Waals surface area contributed by atoms with Gasteiger partial charge in [-0.3, -0.25) is 0 Å². The second-order valence-electron chi connectivity index (χ2n) is 7.05. The Bertz CT molecular complexity index is 227. The summed E-state index contributed by atoms with van der Waals surface area (Å²) in [6.45, 7) is 16.2. The molecule has 0 radical (unpaired) electrons. The van der Waals surface area contributed by atoms with Gasteiger partial charge in [0.05, 0.1) is 32.5 Å². The van der Waals surface area contributed by atoms with E-state index in [2.05, 4.69) is 48.5 Å². The highest BCUT2D eigenvalue weighted by molar-refractivity contribution is 4.74. The van der Waals surface area contributed by atoms with Gasteiger partial charge in [0.1, 0.15) is 0 Å². The minimum absolute atomic E-state index is 0.0419. The largest absolute Gasteiger partial charge is 0.394 e. The quantitative estimate of drug-likeness (QED) is 0.547. The van der Waals surface area contributed by atoms with Crippen molar-refractivity contribution in [1.29, 1.82) is 0 Å². The molecule has 0 aromatic rings. The van der Waals surface area contributed by atoms with Crippen LogP contribution in [0.1, 0.15) is 48.5 Å². The van der Waals surface area contributed by atoms with E-state index in [-0.39, 0.29) is 29.8 Å². The summed E-state index contributed by atoms with van der Waals surface area (Å²) in [5.74, 6) is 0. The van der Waals surface area contributed by atoms with E-state index in [0.717, 1.165) is 0 Å². The third-order valence-electron chi connectivity index (χ3n) is 2.99. The number of hydrogen-bond acceptors (Lipinski definition) is 4. The van der Waals surface area contributed by atoms with Gasteiger partial charge in [0.2, 0.25) is 0 Å². The summed E-state index contributed by atoms with van der Waals surface area (Å²) in [4.78, 5) is 0. The third kappa shape index (κ3) is 8.58. The second-order valence-corrected chi connectivity index (χ2v) is 7.05. The molecular weight excluding hydrogens is 244 g/mol. The summed E-state index contributed by atoms with van der Waals surface area (Å²) in [5, 5.41) is 8.62. The zero-order chi connectivity index (χ0) is 15.1. The molecule has 0 saturated heterocycles. The molecule has 4 heteroatoms. The van der Waals surface area contributed by atoms with Crippen LogP contribution >= 0.6 is 0 Å². The predicted molar refractivity (Wildman–Crippen MR) is 77.1 cm³/mol. The van der Waals surface area contributed by atoms with Crippen LogP contribution in [-0.4, -0.2) is 43.9 Å². The van der Waals surface area contributed by atoms with E-state index in [4.69, 9.17) is 19.3 Å². The molecule has 0 saturated carbocycles. The van der Waals surface area contributed by atoms with Crippen LogP contribution in [0.2, 0.25) is 0 Å². The summed E-state index contributed by atoms with van der Waals surface area (Å²) in [7, 11) is 0. The van der Waals surface area contributed by atoms with Crippen molar-refractivity contribution in [3.63, 3.8) is 0 Å². The fourth-order valence-electron chi connectivity index (χ4n) is 1.26. The van der Waals surface area contributed by atoms with Crippen molar-refractivity contribution in [2.75, 3.05) is 26.4 Å². The van der Waals surface area contributed by atoms with Crippen LogP contribution in [0.25, 0.3) is 0 Å². The standard InChI is InChI=1S/C15H32O4/c1-12(14(2,3)4)19-13(15(5,6)7)18-11-10-17-9-8-16/h12-13,16H,8-11H2,1-7H3. The van der Waals surface area contributed by atoms with Gasteiger partial charge in [-0.2, -0.15) is 0 Å². The lowest BCUT2D eigenvalue weighted by atomic mass is 9.89. The molecule has 2 atom stereocenters. The van der Waals surface area contributed by atoms with Gasteiger partial charge in [0.25, 0.3) is 0 Å². The maximum atomic E-state index is 8.62. The SMILES string of the molecule is CC(OC(OCCOCCO)C(C)(C)C)C(C)(C)C. The normalized spacial score (nSPS) is 16.4. The van der Waals surface area contributed by atoms with E-state index >= 15 is 0 Å². The lowest BCUT2D eigenvalue weighted by molar-refractivity contribution is -0.233. The number of hydrogen-bond donors (Lipinski definition) is 1. The van der Waals surface area contributed by atoms with Gasteiger partial charge >= 0.3 is 0 Å². The van der Waals surface area contributed by atoms with Crippen LogP contribution < -0.4 is 0 Å². The first kappa shape index (κ1) is 18.8. The molecule has 0 amide bonds. The molecule has 0 heterocycles. The third-order valence-corrected chi connectivity index (χ3v) is 2.99. The monoisotopic (exact) mass is 276 g/mol. The van der Waals surface area contributed by atoms with E-state index in [1.54, 1.807) is 0 Å². The average Bonchev–Trinajstić information content (AvgIpc) is 2.24. The molecule has 19 heavy (non-hydrogen) atoms. The first-order chi connectivity index (χ1) is 8.59. The molecule has 1 N–H and O–H groups in total. The summed E-state index contributed by atoms with van der Waals surface area (Å²) < 4.78 is 17.0. The number of aliphatic hydroxyl groups excluding tert-OH is 1. The topological polar surface area (TPSA) is 47.9 Å². The summed E-state index contributed by atoms with van der Waals surface area (Å²) in [5.41, 5.74) is -0.00324. The molecule has 0 rings (SSSR count). The molecule has 0 spiro atoms. The van der Waals surface area contributed by atoms with Crippen LogP contribution in [0, 0.1) is 10.8 Å². The lowest BCUT2D eigenvalue weighted by Crippen LogP contribution is -2.39. The van der Waals surface area contributed by atoms with E-state index in [9.17, 15) is 0 Å². The van der Waals surface area contributed by atoms with E-state index in [1.807, 2.05) is 0 Å². The van der Waals surface area contributed by atoms with Gasteiger partial charge in [-0.05, 0) is 12.3 Å².